The van der Waals surface area contributed by atoms with Gasteiger partial charge in [0.15, 0.2) is 0 Å². The maximum atomic E-state index is 6.03. The van der Waals surface area contributed by atoms with Crippen molar-refractivity contribution in [3.63, 3.8) is 0 Å². The number of rotatable bonds is 4. The Bertz CT molecular complexity index is 595. The molecule has 1 aliphatic rings. The molecule has 0 bridgehead atoms. The highest BCUT2D eigenvalue weighted by Crippen LogP contribution is 2.33. The summed E-state index contributed by atoms with van der Waals surface area (Å²) in [7, 11) is 0. The minimum absolute atomic E-state index is 0.108. The molecule has 3 nitrogen and oxygen atoms in total. The predicted octanol–water partition coefficient (Wildman–Crippen LogP) is 4.30. The normalized spacial score (nSPS) is 24.4. The monoisotopic (exact) mass is 293 g/mol. The standard InChI is InChI=1S/C16H20ClNO2/c1-3-18-16(14-6-4-10(2)19-14)15-9-11-8-12(17)5-7-13(11)20-15/h5,7-10,14,16,18H,3-4,6H2,1-2H3. The molecule has 0 radical (unpaired) electrons. The highest BCUT2D eigenvalue weighted by Gasteiger charge is 2.32. The first-order chi connectivity index (χ1) is 9.67. The number of ether oxygens (including phenoxy) is 1. The number of halogens is 1. The van der Waals surface area contributed by atoms with E-state index in [-0.39, 0.29) is 12.1 Å². The third kappa shape index (κ3) is 2.71. The van der Waals surface area contributed by atoms with Crippen molar-refractivity contribution < 1.29 is 9.15 Å². The zero-order valence-electron chi connectivity index (χ0n) is 11.9. The molecule has 1 fully saturated rings. The van der Waals surface area contributed by atoms with Crippen molar-refractivity contribution in [1.29, 1.82) is 0 Å². The Hall–Kier alpha value is -1.03. The topological polar surface area (TPSA) is 34.4 Å². The first-order valence-corrected chi connectivity index (χ1v) is 7.63. The molecular formula is C16H20ClNO2. The lowest BCUT2D eigenvalue weighted by molar-refractivity contribution is 0.0275. The Kier molecular flexibility index (Phi) is 4.01. The van der Waals surface area contributed by atoms with Crippen LogP contribution in [0, 0.1) is 0 Å². The lowest BCUT2D eigenvalue weighted by Gasteiger charge is -2.22. The minimum Gasteiger partial charge on any atom is -0.459 e. The van der Waals surface area contributed by atoms with Crippen molar-refractivity contribution in [3.05, 3.63) is 35.0 Å². The van der Waals surface area contributed by atoms with Crippen molar-refractivity contribution in [1.82, 2.24) is 5.32 Å². The molecule has 1 aliphatic heterocycles. The van der Waals surface area contributed by atoms with Crippen LogP contribution < -0.4 is 5.32 Å². The van der Waals surface area contributed by atoms with Gasteiger partial charge in [-0.05, 0) is 50.6 Å². The fourth-order valence-electron chi connectivity index (χ4n) is 2.90. The second-order valence-corrected chi connectivity index (χ2v) is 5.87. The molecule has 3 rings (SSSR count). The zero-order valence-corrected chi connectivity index (χ0v) is 12.6. The van der Waals surface area contributed by atoms with Crippen molar-refractivity contribution in [3.8, 4) is 0 Å². The van der Waals surface area contributed by atoms with Crippen molar-refractivity contribution in [2.45, 2.75) is 44.9 Å². The lowest BCUT2D eigenvalue weighted by Crippen LogP contribution is -2.31. The minimum atomic E-state index is 0.108. The molecule has 4 heteroatoms. The van der Waals surface area contributed by atoms with Crippen LogP contribution in [0.2, 0.25) is 5.02 Å². The Morgan fingerprint density at radius 1 is 1.35 bits per heavy atom. The third-order valence-corrected chi connectivity index (χ3v) is 4.10. The van der Waals surface area contributed by atoms with E-state index >= 15 is 0 Å². The summed E-state index contributed by atoms with van der Waals surface area (Å²) >= 11 is 6.03. The number of furan rings is 1. The summed E-state index contributed by atoms with van der Waals surface area (Å²) in [6.45, 7) is 5.11. The van der Waals surface area contributed by atoms with E-state index in [1.54, 1.807) is 0 Å². The highest BCUT2D eigenvalue weighted by molar-refractivity contribution is 6.31. The van der Waals surface area contributed by atoms with Gasteiger partial charge in [0.25, 0.3) is 0 Å². The summed E-state index contributed by atoms with van der Waals surface area (Å²) in [6.07, 6.45) is 2.69. The van der Waals surface area contributed by atoms with Gasteiger partial charge in [0.1, 0.15) is 11.3 Å². The quantitative estimate of drug-likeness (QED) is 0.912. The number of hydrogen-bond donors (Lipinski definition) is 1. The van der Waals surface area contributed by atoms with Gasteiger partial charge in [0.05, 0.1) is 18.2 Å². The van der Waals surface area contributed by atoms with Crippen LogP contribution in [-0.2, 0) is 4.74 Å². The predicted molar refractivity (Wildman–Crippen MR) is 81.2 cm³/mol. The molecule has 20 heavy (non-hydrogen) atoms. The molecule has 3 atom stereocenters. The summed E-state index contributed by atoms with van der Waals surface area (Å²) in [5.74, 6) is 0.934. The molecule has 108 valence electrons. The summed E-state index contributed by atoms with van der Waals surface area (Å²) in [4.78, 5) is 0. The van der Waals surface area contributed by atoms with Crippen LogP contribution in [0.4, 0.5) is 0 Å². The molecule has 2 heterocycles. The van der Waals surface area contributed by atoms with Gasteiger partial charge in [-0.25, -0.2) is 0 Å². The number of nitrogens with one attached hydrogen (secondary N) is 1. The molecule has 2 aromatic rings. The Balaban J connectivity index is 1.92. The SMILES string of the molecule is CCNC(c1cc2cc(Cl)ccc2o1)C1CCC(C)O1. The van der Waals surface area contributed by atoms with Gasteiger partial charge in [-0.2, -0.15) is 0 Å². The molecule has 1 saturated heterocycles. The fourth-order valence-corrected chi connectivity index (χ4v) is 3.08. The van der Waals surface area contributed by atoms with E-state index < -0.39 is 0 Å². The van der Waals surface area contributed by atoms with Crippen molar-refractivity contribution in [2.24, 2.45) is 0 Å². The highest BCUT2D eigenvalue weighted by atomic mass is 35.5. The van der Waals surface area contributed by atoms with Crippen LogP contribution in [0.15, 0.2) is 28.7 Å². The third-order valence-electron chi connectivity index (χ3n) is 3.86. The largest absolute Gasteiger partial charge is 0.459 e. The first kappa shape index (κ1) is 13.9. The summed E-state index contributed by atoms with van der Waals surface area (Å²) < 4.78 is 12.0. The van der Waals surface area contributed by atoms with E-state index in [1.165, 1.54) is 0 Å². The Labute approximate surface area is 124 Å². The van der Waals surface area contributed by atoms with E-state index in [9.17, 15) is 0 Å². The molecule has 0 spiro atoms. The van der Waals surface area contributed by atoms with E-state index in [4.69, 9.17) is 20.8 Å². The fraction of sp³-hybridized carbons (Fsp3) is 0.500. The maximum absolute atomic E-state index is 6.03. The smallest absolute Gasteiger partial charge is 0.134 e. The van der Waals surface area contributed by atoms with Crippen LogP contribution in [-0.4, -0.2) is 18.8 Å². The van der Waals surface area contributed by atoms with Gasteiger partial charge in [0.2, 0.25) is 0 Å². The molecule has 0 saturated carbocycles. The van der Waals surface area contributed by atoms with Gasteiger partial charge >= 0.3 is 0 Å². The molecule has 1 aromatic carbocycles. The molecule has 0 aliphatic carbocycles. The van der Waals surface area contributed by atoms with Crippen LogP contribution in [0.5, 0.6) is 0 Å². The summed E-state index contributed by atoms with van der Waals surface area (Å²) in [5.41, 5.74) is 0.873. The van der Waals surface area contributed by atoms with Crippen molar-refractivity contribution >= 4 is 22.6 Å². The lowest BCUT2D eigenvalue weighted by atomic mass is 10.0. The summed E-state index contributed by atoms with van der Waals surface area (Å²) in [5, 5.41) is 5.26. The van der Waals surface area contributed by atoms with Gasteiger partial charge in [-0.3, -0.25) is 0 Å². The van der Waals surface area contributed by atoms with E-state index in [0.29, 0.717) is 6.10 Å². The van der Waals surface area contributed by atoms with Crippen LogP contribution >= 0.6 is 11.6 Å². The Morgan fingerprint density at radius 3 is 2.90 bits per heavy atom. The van der Waals surface area contributed by atoms with E-state index in [0.717, 1.165) is 41.1 Å². The first-order valence-electron chi connectivity index (χ1n) is 7.25. The molecule has 1 aromatic heterocycles. The number of likely N-dealkylation sites (N-methyl/N-ethyl adjacent to an activating group) is 1. The van der Waals surface area contributed by atoms with E-state index in [1.807, 2.05) is 18.2 Å². The van der Waals surface area contributed by atoms with Crippen LogP contribution in [0.3, 0.4) is 0 Å². The van der Waals surface area contributed by atoms with E-state index in [2.05, 4.69) is 25.2 Å². The summed E-state index contributed by atoms with van der Waals surface area (Å²) in [6, 6.07) is 7.89. The number of fused-ring (bicyclic) bond motifs is 1. The van der Waals surface area contributed by atoms with Gasteiger partial charge in [0, 0.05) is 10.4 Å². The van der Waals surface area contributed by atoms with Gasteiger partial charge in [-0.15, -0.1) is 0 Å². The van der Waals surface area contributed by atoms with Crippen LogP contribution in [0.1, 0.15) is 38.5 Å². The second-order valence-electron chi connectivity index (χ2n) is 5.43. The average molecular weight is 294 g/mol. The van der Waals surface area contributed by atoms with Crippen LogP contribution in [0.25, 0.3) is 11.0 Å². The second kappa shape index (κ2) is 5.76. The molecule has 1 N–H and O–H groups in total. The van der Waals surface area contributed by atoms with Gasteiger partial charge < -0.3 is 14.5 Å². The number of hydrogen-bond acceptors (Lipinski definition) is 3. The average Bonchev–Trinajstić information content (AvgIpc) is 3.01. The maximum Gasteiger partial charge on any atom is 0.134 e. The molecule has 0 amide bonds. The molecular weight excluding hydrogens is 274 g/mol. The zero-order chi connectivity index (χ0) is 14.1. The Morgan fingerprint density at radius 2 is 2.20 bits per heavy atom. The number of benzene rings is 1. The van der Waals surface area contributed by atoms with Crippen molar-refractivity contribution in [2.75, 3.05) is 6.54 Å². The molecule has 3 unspecified atom stereocenters. The van der Waals surface area contributed by atoms with Gasteiger partial charge in [-0.1, -0.05) is 18.5 Å².